The third kappa shape index (κ3) is 4.75. The van der Waals surface area contributed by atoms with E-state index in [2.05, 4.69) is 16.7 Å². The van der Waals surface area contributed by atoms with Crippen molar-refractivity contribution in [2.45, 2.75) is 19.5 Å². The van der Waals surface area contributed by atoms with Crippen LogP contribution in [0, 0.1) is 17.7 Å². The van der Waals surface area contributed by atoms with Gasteiger partial charge in [-0.15, -0.1) is 0 Å². The van der Waals surface area contributed by atoms with E-state index in [0.717, 1.165) is 17.7 Å². The number of aliphatic hydroxyl groups excluding tert-OH is 1. The SMILES string of the molecule is CN(Cc1ccoc1)Cc1ccc(F)cc1C#CCCO. The van der Waals surface area contributed by atoms with E-state index in [-0.39, 0.29) is 12.4 Å². The number of benzene rings is 1. The van der Waals surface area contributed by atoms with Crippen LogP contribution in [0.5, 0.6) is 0 Å². The average molecular weight is 287 g/mol. The lowest BCUT2D eigenvalue weighted by atomic mass is 10.1. The molecule has 0 atom stereocenters. The highest BCUT2D eigenvalue weighted by atomic mass is 19.1. The Morgan fingerprint density at radius 3 is 2.86 bits per heavy atom. The Labute approximate surface area is 124 Å². The molecule has 1 N–H and O–H groups in total. The standard InChI is InChI=1S/C17H18FNO2/c1-19(11-14-7-9-21-13-14)12-16-5-6-17(18)10-15(16)4-2-3-8-20/h5-7,9-10,13,20H,3,8,11-12H2,1H3. The zero-order chi connectivity index (χ0) is 15.1. The van der Waals surface area contributed by atoms with Crippen molar-refractivity contribution in [1.29, 1.82) is 0 Å². The first kappa shape index (κ1) is 15.3. The van der Waals surface area contributed by atoms with Gasteiger partial charge >= 0.3 is 0 Å². The van der Waals surface area contributed by atoms with Gasteiger partial charge in [0.15, 0.2) is 0 Å². The van der Waals surface area contributed by atoms with E-state index in [0.29, 0.717) is 18.5 Å². The van der Waals surface area contributed by atoms with Crippen LogP contribution in [0.3, 0.4) is 0 Å². The van der Waals surface area contributed by atoms with E-state index in [9.17, 15) is 4.39 Å². The van der Waals surface area contributed by atoms with Crippen molar-refractivity contribution in [3.63, 3.8) is 0 Å². The Balaban J connectivity index is 2.10. The molecule has 0 aliphatic carbocycles. The lowest BCUT2D eigenvalue weighted by Crippen LogP contribution is -2.17. The van der Waals surface area contributed by atoms with Crippen molar-refractivity contribution in [2.75, 3.05) is 13.7 Å². The van der Waals surface area contributed by atoms with E-state index >= 15 is 0 Å². The number of hydrogen-bond acceptors (Lipinski definition) is 3. The molecule has 0 spiro atoms. The first-order valence-electron chi connectivity index (χ1n) is 6.77. The maximum Gasteiger partial charge on any atom is 0.124 e. The minimum atomic E-state index is -0.301. The van der Waals surface area contributed by atoms with Gasteiger partial charge in [0.25, 0.3) is 0 Å². The largest absolute Gasteiger partial charge is 0.472 e. The van der Waals surface area contributed by atoms with E-state index in [1.54, 1.807) is 18.6 Å². The monoisotopic (exact) mass is 287 g/mol. The molecule has 1 aromatic carbocycles. The first-order chi connectivity index (χ1) is 10.2. The maximum absolute atomic E-state index is 13.4. The number of furan rings is 1. The second-order valence-electron chi connectivity index (χ2n) is 4.88. The van der Waals surface area contributed by atoms with Crippen molar-refractivity contribution >= 4 is 0 Å². The number of rotatable bonds is 5. The van der Waals surface area contributed by atoms with Gasteiger partial charge in [-0.25, -0.2) is 4.39 Å². The van der Waals surface area contributed by atoms with Gasteiger partial charge in [0.1, 0.15) is 5.82 Å². The summed E-state index contributed by atoms with van der Waals surface area (Å²) in [4.78, 5) is 2.11. The third-order valence-electron chi connectivity index (χ3n) is 3.00. The van der Waals surface area contributed by atoms with Crippen LogP contribution in [0.2, 0.25) is 0 Å². The van der Waals surface area contributed by atoms with Crippen LogP contribution in [0.4, 0.5) is 4.39 Å². The Morgan fingerprint density at radius 1 is 1.29 bits per heavy atom. The van der Waals surface area contributed by atoms with Crippen LogP contribution < -0.4 is 0 Å². The van der Waals surface area contributed by atoms with Gasteiger partial charge < -0.3 is 9.52 Å². The van der Waals surface area contributed by atoms with E-state index in [1.807, 2.05) is 13.1 Å². The van der Waals surface area contributed by atoms with Gasteiger partial charge in [0.2, 0.25) is 0 Å². The Kier molecular flexibility index (Phi) is 5.56. The van der Waals surface area contributed by atoms with E-state index < -0.39 is 0 Å². The second-order valence-corrected chi connectivity index (χ2v) is 4.88. The van der Waals surface area contributed by atoms with Gasteiger partial charge in [-0.2, -0.15) is 0 Å². The summed E-state index contributed by atoms with van der Waals surface area (Å²) >= 11 is 0. The van der Waals surface area contributed by atoms with Crippen molar-refractivity contribution in [3.8, 4) is 11.8 Å². The molecule has 2 aromatic rings. The molecule has 2 rings (SSSR count). The molecule has 0 aliphatic heterocycles. The molecule has 0 unspecified atom stereocenters. The minimum absolute atomic E-state index is 0.0119. The highest BCUT2D eigenvalue weighted by Crippen LogP contribution is 2.14. The average Bonchev–Trinajstić information content (AvgIpc) is 2.95. The maximum atomic E-state index is 13.4. The fraction of sp³-hybridized carbons (Fsp3) is 0.294. The Morgan fingerprint density at radius 2 is 2.14 bits per heavy atom. The van der Waals surface area contributed by atoms with Gasteiger partial charge in [-0.3, -0.25) is 4.90 Å². The minimum Gasteiger partial charge on any atom is -0.472 e. The molecular weight excluding hydrogens is 269 g/mol. The zero-order valence-electron chi connectivity index (χ0n) is 12.0. The highest BCUT2D eigenvalue weighted by molar-refractivity contribution is 5.41. The molecule has 1 aromatic heterocycles. The number of nitrogens with zero attached hydrogens (tertiary/aromatic N) is 1. The quantitative estimate of drug-likeness (QED) is 0.859. The van der Waals surface area contributed by atoms with Crippen molar-refractivity contribution in [1.82, 2.24) is 4.90 Å². The van der Waals surface area contributed by atoms with E-state index in [1.165, 1.54) is 12.1 Å². The summed E-state index contributed by atoms with van der Waals surface area (Å²) in [6.45, 7) is 1.42. The molecule has 3 nitrogen and oxygen atoms in total. The number of aliphatic hydroxyl groups is 1. The van der Waals surface area contributed by atoms with Gasteiger partial charge in [-0.05, 0) is 30.8 Å². The predicted octanol–water partition coefficient (Wildman–Crippen LogP) is 2.78. The fourth-order valence-electron chi connectivity index (χ4n) is 2.06. The summed E-state index contributed by atoms with van der Waals surface area (Å²) in [7, 11) is 1.99. The molecular formula is C17H18FNO2. The molecule has 110 valence electrons. The van der Waals surface area contributed by atoms with Crippen molar-refractivity contribution in [2.24, 2.45) is 0 Å². The van der Waals surface area contributed by atoms with Crippen LogP contribution >= 0.6 is 0 Å². The van der Waals surface area contributed by atoms with Gasteiger partial charge in [-0.1, -0.05) is 17.9 Å². The molecule has 0 saturated heterocycles. The molecule has 21 heavy (non-hydrogen) atoms. The summed E-state index contributed by atoms with van der Waals surface area (Å²) < 4.78 is 18.4. The molecule has 0 amide bonds. The van der Waals surface area contributed by atoms with Gasteiger partial charge in [0, 0.05) is 30.6 Å². The first-order valence-corrected chi connectivity index (χ1v) is 6.77. The van der Waals surface area contributed by atoms with Crippen LogP contribution in [0.15, 0.2) is 41.2 Å². The van der Waals surface area contributed by atoms with Crippen LogP contribution in [-0.2, 0) is 13.1 Å². The number of hydrogen-bond donors (Lipinski definition) is 1. The fourth-order valence-corrected chi connectivity index (χ4v) is 2.06. The molecule has 0 radical (unpaired) electrons. The van der Waals surface area contributed by atoms with E-state index in [4.69, 9.17) is 9.52 Å². The lowest BCUT2D eigenvalue weighted by molar-refractivity contribution is 0.305. The highest BCUT2D eigenvalue weighted by Gasteiger charge is 2.07. The summed E-state index contributed by atoms with van der Waals surface area (Å²) in [6, 6.07) is 6.55. The molecule has 0 aliphatic rings. The molecule has 0 saturated carbocycles. The summed E-state index contributed by atoms with van der Waals surface area (Å²) in [5.74, 6) is 5.46. The zero-order valence-corrected chi connectivity index (χ0v) is 12.0. The number of halogens is 1. The van der Waals surface area contributed by atoms with Crippen LogP contribution in [-0.4, -0.2) is 23.7 Å². The molecule has 0 fully saturated rings. The summed E-state index contributed by atoms with van der Waals surface area (Å²) in [5.41, 5.74) is 2.72. The van der Waals surface area contributed by atoms with Gasteiger partial charge in [0.05, 0.1) is 19.1 Å². The molecule has 0 bridgehead atoms. The Bertz CT molecular complexity index is 626. The Hall–Kier alpha value is -2.09. The lowest BCUT2D eigenvalue weighted by Gasteiger charge is -2.16. The summed E-state index contributed by atoms with van der Waals surface area (Å²) in [6.07, 6.45) is 3.75. The molecule has 4 heteroatoms. The third-order valence-corrected chi connectivity index (χ3v) is 3.00. The predicted molar refractivity (Wildman–Crippen MR) is 78.9 cm³/mol. The smallest absolute Gasteiger partial charge is 0.124 e. The topological polar surface area (TPSA) is 36.6 Å². The normalized spacial score (nSPS) is 10.5. The summed E-state index contributed by atoms with van der Waals surface area (Å²) in [5, 5.41) is 8.76. The van der Waals surface area contributed by atoms with Crippen LogP contribution in [0.25, 0.3) is 0 Å². The van der Waals surface area contributed by atoms with Crippen molar-refractivity contribution < 1.29 is 13.9 Å². The second kappa shape index (κ2) is 7.63. The molecule has 1 heterocycles. The van der Waals surface area contributed by atoms with Crippen molar-refractivity contribution in [3.05, 3.63) is 59.3 Å². The van der Waals surface area contributed by atoms with Crippen LogP contribution in [0.1, 0.15) is 23.1 Å².